The second kappa shape index (κ2) is 11.5. The van der Waals surface area contributed by atoms with Crippen LogP contribution in [0, 0.1) is 5.41 Å². The molecule has 0 aromatic heterocycles. The molecule has 2 rings (SSSR count). The van der Waals surface area contributed by atoms with Crippen LogP contribution in [0.5, 0.6) is 11.5 Å². The summed E-state index contributed by atoms with van der Waals surface area (Å²) in [6.07, 6.45) is -3.46. The molecule has 0 aliphatic carbocycles. The van der Waals surface area contributed by atoms with Crippen LogP contribution >= 0.6 is 23.4 Å². The van der Waals surface area contributed by atoms with Gasteiger partial charge in [0, 0.05) is 21.8 Å². The minimum Gasteiger partial charge on any atom is -0.507 e. The summed E-state index contributed by atoms with van der Waals surface area (Å²) in [5, 5.41) is 26.9. The highest BCUT2D eigenvalue weighted by atomic mass is 35.5. The largest absolute Gasteiger partial charge is 0.507 e. The van der Waals surface area contributed by atoms with E-state index in [1.165, 1.54) is 17.8 Å². The number of thioether (sulfide) groups is 1. The Morgan fingerprint density at radius 3 is 2.56 bits per heavy atom. The molecule has 0 spiro atoms. The van der Waals surface area contributed by atoms with Crippen molar-refractivity contribution in [1.29, 1.82) is 5.41 Å². The van der Waals surface area contributed by atoms with Gasteiger partial charge in [0.05, 0.1) is 18.1 Å². The molecule has 10 heteroatoms. The summed E-state index contributed by atoms with van der Waals surface area (Å²) < 4.78 is 44.3. The molecule has 0 unspecified atom stereocenters. The Kier molecular flexibility index (Phi) is 9.27. The smallest absolute Gasteiger partial charge is 0.433 e. The minimum atomic E-state index is -4.85. The number of carboxylic acid groups (broad SMARTS) is 1. The Bertz CT molecular complexity index is 982. The van der Waals surface area contributed by atoms with Gasteiger partial charge in [-0.25, -0.2) is 0 Å². The highest BCUT2D eigenvalue weighted by molar-refractivity contribution is 7.99. The third kappa shape index (κ3) is 7.06. The number of phenols is 1. The van der Waals surface area contributed by atoms with Crippen molar-refractivity contribution in [3.63, 3.8) is 0 Å². The first kappa shape index (κ1) is 25.9. The van der Waals surface area contributed by atoms with Crippen LogP contribution in [0.25, 0.3) is 0 Å². The molecule has 0 atom stereocenters. The van der Waals surface area contributed by atoms with Crippen LogP contribution in [0.15, 0.2) is 35.2 Å². The number of halogens is 4. The predicted molar refractivity (Wildman–Crippen MR) is 119 cm³/mol. The molecule has 0 amide bonds. The number of benzene rings is 2. The number of aliphatic carboxylic acids is 1. The van der Waals surface area contributed by atoms with E-state index in [0.717, 1.165) is 11.0 Å². The van der Waals surface area contributed by atoms with Crippen molar-refractivity contribution in [3.8, 4) is 11.5 Å². The lowest BCUT2D eigenvalue weighted by Crippen LogP contribution is -2.23. The maximum atomic E-state index is 12.9. The minimum absolute atomic E-state index is 0.104. The van der Waals surface area contributed by atoms with Gasteiger partial charge in [0.25, 0.3) is 0 Å². The van der Waals surface area contributed by atoms with E-state index in [1.54, 1.807) is 18.2 Å². The third-order valence-corrected chi connectivity index (χ3v) is 6.03. The summed E-state index contributed by atoms with van der Waals surface area (Å²) >= 11 is 7.67. The van der Waals surface area contributed by atoms with Gasteiger partial charge in [-0.15, -0.1) is 11.8 Å². The van der Waals surface area contributed by atoms with Crippen LogP contribution in [0.3, 0.4) is 0 Å². The molecule has 174 valence electrons. The predicted octanol–water partition coefficient (Wildman–Crippen LogP) is 6.12. The molecule has 0 aliphatic rings. The number of phenolic OH excluding ortho intramolecular Hbond substituents is 1. The third-order valence-electron chi connectivity index (χ3n) is 4.45. The second-order valence-corrected chi connectivity index (χ2v) is 8.49. The number of alkyl halides is 3. The SMILES string of the molecule is CCCc1c(OCCCSc2ccc(CC(=O)O)cc2Cl)ccc(C(=N)C(F)(F)F)c1O. The van der Waals surface area contributed by atoms with Crippen LogP contribution in [-0.4, -0.2) is 40.4 Å². The maximum absolute atomic E-state index is 12.9. The van der Waals surface area contributed by atoms with E-state index in [9.17, 15) is 23.1 Å². The summed E-state index contributed by atoms with van der Waals surface area (Å²) in [6.45, 7) is 2.10. The molecule has 3 N–H and O–H groups in total. The summed E-state index contributed by atoms with van der Waals surface area (Å²) in [7, 11) is 0. The molecule has 32 heavy (non-hydrogen) atoms. The summed E-state index contributed by atoms with van der Waals surface area (Å²) in [4.78, 5) is 11.6. The van der Waals surface area contributed by atoms with Crippen molar-refractivity contribution in [2.45, 2.75) is 43.7 Å². The molecule has 0 heterocycles. The zero-order chi connectivity index (χ0) is 23.9. The lowest BCUT2D eigenvalue weighted by molar-refractivity contribution is -0.136. The number of aromatic hydroxyl groups is 1. The second-order valence-electron chi connectivity index (χ2n) is 6.95. The monoisotopic (exact) mass is 489 g/mol. The van der Waals surface area contributed by atoms with Crippen molar-refractivity contribution in [2.75, 3.05) is 12.4 Å². The van der Waals surface area contributed by atoms with Crippen molar-refractivity contribution in [3.05, 3.63) is 52.0 Å². The van der Waals surface area contributed by atoms with Gasteiger partial charge in [-0.2, -0.15) is 13.2 Å². The Hall–Kier alpha value is -2.39. The average Bonchev–Trinajstić information content (AvgIpc) is 2.70. The molecule has 2 aromatic rings. The van der Waals surface area contributed by atoms with E-state index in [0.29, 0.717) is 41.4 Å². The molecule has 0 radical (unpaired) electrons. The highest BCUT2D eigenvalue weighted by Gasteiger charge is 2.37. The molecular formula is C22H23ClF3NO4S. The molecule has 0 saturated carbocycles. The number of nitrogens with one attached hydrogen (secondary N) is 1. The van der Waals surface area contributed by atoms with Crippen LogP contribution in [0.2, 0.25) is 5.02 Å². The number of hydrogen-bond acceptors (Lipinski definition) is 5. The molecular weight excluding hydrogens is 467 g/mol. The van der Waals surface area contributed by atoms with E-state index < -0.39 is 29.2 Å². The van der Waals surface area contributed by atoms with Crippen LogP contribution in [0.1, 0.15) is 36.5 Å². The average molecular weight is 490 g/mol. The van der Waals surface area contributed by atoms with Gasteiger partial charge in [0.15, 0.2) is 0 Å². The van der Waals surface area contributed by atoms with E-state index in [4.69, 9.17) is 26.9 Å². The van der Waals surface area contributed by atoms with Gasteiger partial charge in [0.2, 0.25) is 0 Å². The van der Waals surface area contributed by atoms with E-state index in [-0.39, 0.29) is 18.6 Å². The summed E-state index contributed by atoms with van der Waals surface area (Å²) in [5.74, 6) is -0.571. The van der Waals surface area contributed by atoms with Crippen LogP contribution < -0.4 is 4.74 Å². The number of rotatable bonds is 11. The Balaban J connectivity index is 1.97. The number of carbonyl (C=O) groups is 1. The fraction of sp³-hybridized carbons (Fsp3) is 0.364. The van der Waals surface area contributed by atoms with E-state index >= 15 is 0 Å². The Morgan fingerprint density at radius 2 is 1.97 bits per heavy atom. The van der Waals surface area contributed by atoms with Gasteiger partial charge in [0.1, 0.15) is 17.2 Å². The van der Waals surface area contributed by atoms with Gasteiger partial charge in [-0.3, -0.25) is 10.2 Å². The van der Waals surface area contributed by atoms with Crippen LogP contribution in [-0.2, 0) is 17.6 Å². The van der Waals surface area contributed by atoms with Crippen molar-refractivity contribution in [1.82, 2.24) is 0 Å². The fourth-order valence-corrected chi connectivity index (χ4v) is 4.18. The standard InChI is InChI=1S/C22H23ClF3NO4S/c1-2-4-14-17(7-6-15(20(14)30)21(27)22(24,25)26)31-9-3-10-32-18-8-5-13(11-16(18)23)12-19(28)29/h5-8,11,27,30H,2-4,9-10,12H2,1H3,(H,28,29). The Morgan fingerprint density at radius 1 is 1.25 bits per heavy atom. The fourth-order valence-electron chi connectivity index (χ4n) is 2.97. The van der Waals surface area contributed by atoms with Gasteiger partial charge in [-0.1, -0.05) is 31.0 Å². The van der Waals surface area contributed by atoms with Crippen molar-refractivity contribution in [2.24, 2.45) is 0 Å². The molecule has 0 fully saturated rings. The first-order valence-corrected chi connectivity index (χ1v) is 11.2. The lowest BCUT2D eigenvalue weighted by Gasteiger charge is -2.17. The zero-order valence-electron chi connectivity index (χ0n) is 17.3. The molecule has 2 aromatic carbocycles. The normalized spacial score (nSPS) is 11.4. The lowest BCUT2D eigenvalue weighted by atomic mass is 10.00. The van der Waals surface area contributed by atoms with Crippen molar-refractivity contribution < 1.29 is 32.9 Å². The van der Waals surface area contributed by atoms with Crippen molar-refractivity contribution >= 4 is 35.0 Å². The van der Waals surface area contributed by atoms with Gasteiger partial charge < -0.3 is 14.9 Å². The Labute approximate surface area is 193 Å². The first-order valence-electron chi connectivity index (χ1n) is 9.81. The van der Waals surface area contributed by atoms with Crippen LogP contribution in [0.4, 0.5) is 13.2 Å². The maximum Gasteiger partial charge on any atom is 0.433 e. The highest BCUT2D eigenvalue weighted by Crippen LogP contribution is 2.36. The van der Waals surface area contributed by atoms with Gasteiger partial charge in [-0.05, 0) is 42.7 Å². The number of hydrogen-bond donors (Lipinski definition) is 3. The van der Waals surface area contributed by atoms with Gasteiger partial charge >= 0.3 is 12.1 Å². The zero-order valence-corrected chi connectivity index (χ0v) is 18.8. The topological polar surface area (TPSA) is 90.6 Å². The van der Waals surface area contributed by atoms with E-state index in [2.05, 4.69) is 0 Å². The first-order chi connectivity index (χ1) is 15.0. The molecule has 0 bridgehead atoms. The quantitative estimate of drug-likeness (QED) is 0.201. The number of carboxylic acids is 1. The molecule has 5 nitrogen and oxygen atoms in total. The molecule has 0 saturated heterocycles. The van der Waals surface area contributed by atoms with E-state index in [1.807, 2.05) is 6.92 Å². The molecule has 0 aliphatic heterocycles. The summed E-state index contributed by atoms with van der Waals surface area (Å²) in [5.41, 5.74) is -1.30. The number of ether oxygens (including phenoxy) is 1. The summed E-state index contributed by atoms with van der Waals surface area (Å²) in [6, 6.07) is 7.49.